The Labute approximate surface area is 142 Å². The van der Waals surface area contributed by atoms with E-state index in [9.17, 15) is 13.5 Å². The molecule has 2 saturated carbocycles. The average molecular weight is 357 g/mol. The molecule has 128 valence electrons. The Morgan fingerprint density at radius 1 is 1.39 bits per heavy atom. The van der Waals surface area contributed by atoms with E-state index in [4.69, 9.17) is 0 Å². The number of aliphatic hydroxyl groups is 1. The molecule has 0 bridgehead atoms. The predicted octanol–water partition coefficient (Wildman–Crippen LogP) is 2.47. The van der Waals surface area contributed by atoms with Gasteiger partial charge in [0.2, 0.25) is 0 Å². The summed E-state index contributed by atoms with van der Waals surface area (Å²) in [7, 11) is -0.183. The first kappa shape index (κ1) is 16.9. The topological polar surface area (TPSA) is 70.0 Å². The summed E-state index contributed by atoms with van der Waals surface area (Å²) in [6, 6.07) is 3.50. The molecule has 0 radical (unpaired) electrons. The normalized spacial score (nSPS) is 28.6. The zero-order valence-electron chi connectivity index (χ0n) is 13.6. The summed E-state index contributed by atoms with van der Waals surface area (Å²) >= 11 is 1.27. The van der Waals surface area contributed by atoms with E-state index < -0.39 is 10.0 Å². The molecule has 0 aromatic carbocycles. The van der Waals surface area contributed by atoms with Crippen LogP contribution in [0.5, 0.6) is 0 Å². The van der Waals surface area contributed by atoms with Crippen molar-refractivity contribution in [3.05, 3.63) is 17.0 Å². The lowest BCUT2D eigenvalue weighted by atomic mass is 9.93. The lowest BCUT2D eigenvalue weighted by Crippen LogP contribution is -2.17. The van der Waals surface area contributed by atoms with Gasteiger partial charge in [0.15, 0.2) is 0 Å². The van der Waals surface area contributed by atoms with Gasteiger partial charge in [-0.1, -0.05) is 25.7 Å². The third kappa shape index (κ3) is 3.19. The van der Waals surface area contributed by atoms with Crippen molar-refractivity contribution >= 4 is 27.7 Å². The molecule has 23 heavy (non-hydrogen) atoms. The maximum atomic E-state index is 12.2. The molecule has 0 amide bonds. The number of sulfonamides is 1. The van der Waals surface area contributed by atoms with Crippen LogP contribution in [0.25, 0.3) is 0 Å². The summed E-state index contributed by atoms with van der Waals surface area (Å²) in [4.78, 5) is 2.59. The van der Waals surface area contributed by atoms with Gasteiger partial charge in [0.1, 0.15) is 10.5 Å². The standard InChI is InChI=1S/C16H24N2O3S2/c1-18(2)11-17-23(20,21)15-8-7-14(22-15)16(10-19)9-13(16)12-5-3-4-6-12/h7-8,11-13,19H,3-6,9-10H2,1-2H3. The van der Waals surface area contributed by atoms with Gasteiger partial charge in [-0.25, -0.2) is 0 Å². The Morgan fingerprint density at radius 2 is 2.09 bits per heavy atom. The Morgan fingerprint density at radius 3 is 2.70 bits per heavy atom. The number of aliphatic hydroxyl groups excluding tert-OH is 1. The van der Waals surface area contributed by atoms with Crippen LogP contribution in [0.2, 0.25) is 0 Å². The van der Waals surface area contributed by atoms with Crippen molar-refractivity contribution in [2.75, 3.05) is 20.7 Å². The molecule has 2 unspecified atom stereocenters. The van der Waals surface area contributed by atoms with Crippen LogP contribution in [0.1, 0.15) is 37.0 Å². The van der Waals surface area contributed by atoms with Crippen LogP contribution in [0.15, 0.2) is 20.7 Å². The highest BCUT2D eigenvalue weighted by Crippen LogP contribution is 2.62. The van der Waals surface area contributed by atoms with E-state index >= 15 is 0 Å². The van der Waals surface area contributed by atoms with Crippen molar-refractivity contribution in [1.82, 2.24) is 4.90 Å². The molecule has 1 N–H and O–H groups in total. The Kier molecular flexibility index (Phi) is 4.55. The lowest BCUT2D eigenvalue weighted by Gasteiger charge is -2.16. The molecule has 0 spiro atoms. The van der Waals surface area contributed by atoms with Crippen LogP contribution in [0.4, 0.5) is 0 Å². The molecule has 2 fully saturated rings. The van der Waals surface area contributed by atoms with E-state index in [1.807, 2.05) is 6.07 Å². The van der Waals surface area contributed by atoms with Crippen molar-refractivity contribution in [1.29, 1.82) is 0 Å². The first-order valence-corrected chi connectivity index (χ1v) is 10.3. The number of hydrogen-bond donors (Lipinski definition) is 1. The largest absolute Gasteiger partial charge is 0.395 e. The van der Waals surface area contributed by atoms with E-state index in [1.54, 1.807) is 25.1 Å². The third-order valence-electron chi connectivity index (χ3n) is 5.13. The van der Waals surface area contributed by atoms with Gasteiger partial charge in [0.05, 0.1) is 6.61 Å². The zero-order chi connectivity index (χ0) is 16.7. The van der Waals surface area contributed by atoms with Crippen LogP contribution in [0.3, 0.4) is 0 Å². The molecule has 1 aromatic heterocycles. The second-order valence-electron chi connectivity index (χ2n) is 6.95. The van der Waals surface area contributed by atoms with E-state index in [-0.39, 0.29) is 16.2 Å². The lowest BCUT2D eigenvalue weighted by molar-refractivity contribution is 0.235. The van der Waals surface area contributed by atoms with Crippen LogP contribution >= 0.6 is 11.3 Å². The fourth-order valence-electron chi connectivity index (χ4n) is 3.79. The SMILES string of the molecule is CN(C)C=NS(=O)(=O)c1ccc(C2(CO)CC2C2CCCC2)s1. The van der Waals surface area contributed by atoms with Crippen molar-refractivity contribution in [2.24, 2.45) is 16.2 Å². The molecular weight excluding hydrogens is 332 g/mol. The summed E-state index contributed by atoms with van der Waals surface area (Å²) in [5.74, 6) is 1.20. The van der Waals surface area contributed by atoms with Crippen molar-refractivity contribution in [2.45, 2.75) is 41.7 Å². The summed E-state index contributed by atoms with van der Waals surface area (Å²) in [5.41, 5.74) is -0.210. The highest BCUT2D eigenvalue weighted by atomic mass is 32.2. The number of rotatable bonds is 6. The van der Waals surface area contributed by atoms with E-state index in [0.717, 1.165) is 11.3 Å². The maximum Gasteiger partial charge on any atom is 0.293 e. The van der Waals surface area contributed by atoms with Gasteiger partial charge in [-0.05, 0) is 30.4 Å². The molecule has 1 heterocycles. The molecule has 2 aliphatic carbocycles. The van der Waals surface area contributed by atoms with E-state index in [1.165, 1.54) is 43.4 Å². The molecule has 7 heteroatoms. The Hall–Kier alpha value is -0.920. The van der Waals surface area contributed by atoms with Gasteiger partial charge in [0, 0.05) is 24.4 Å². The average Bonchev–Trinajstić information content (AvgIpc) is 2.92. The minimum Gasteiger partial charge on any atom is -0.395 e. The minimum atomic E-state index is -3.65. The molecule has 2 atom stereocenters. The van der Waals surface area contributed by atoms with Gasteiger partial charge < -0.3 is 10.0 Å². The molecule has 5 nitrogen and oxygen atoms in total. The number of hydrogen-bond acceptors (Lipinski definition) is 4. The van der Waals surface area contributed by atoms with Gasteiger partial charge in [0.25, 0.3) is 10.0 Å². The monoisotopic (exact) mass is 356 g/mol. The molecular formula is C16H24N2O3S2. The Bertz CT molecular complexity index is 690. The second kappa shape index (κ2) is 6.18. The van der Waals surface area contributed by atoms with Crippen molar-refractivity contribution < 1.29 is 13.5 Å². The van der Waals surface area contributed by atoms with Crippen LogP contribution in [0, 0.1) is 11.8 Å². The predicted molar refractivity (Wildman–Crippen MR) is 92.5 cm³/mol. The van der Waals surface area contributed by atoms with Crippen LogP contribution in [-0.2, 0) is 15.4 Å². The molecule has 0 aliphatic heterocycles. The first-order valence-electron chi connectivity index (χ1n) is 8.07. The van der Waals surface area contributed by atoms with Gasteiger partial charge in [-0.3, -0.25) is 0 Å². The summed E-state index contributed by atoms with van der Waals surface area (Å²) < 4.78 is 28.4. The highest BCUT2D eigenvalue weighted by Gasteiger charge is 2.58. The fraction of sp³-hybridized carbons (Fsp3) is 0.688. The first-order chi connectivity index (χ1) is 10.9. The van der Waals surface area contributed by atoms with E-state index in [2.05, 4.69) is 4.40 Å². The number of nitrogens with zero attached hydrogens (tertiary/aromatic N) is 2. The second-order valence-corrected chi connectivity index (χ2v) is 9.89. The molecule has 0 saturated heterocycles. The summed E-state index contributed by atoms with van der Waals surface area (Å²) in [6.45, 7) is 0.106. The minimum absolute atomic E-state index is 0.106. The molecule has 1 aromatic rings. The van der Waals surface area contributed by atoms with E-state index in [0.29, 0.717) is 11.8 Å². The van der Waals surface area contributed by atoms with Crippen molar-refractivity contribution in [3.8, 4) is 0 Å². The number of thiophene rings is 1. The van der Waals surface area contributed by atoms with Crippen molar-refractivity contribution in [3.63, 3.8) is 0 Å². The fourth-order valence-corrected chi connectivity index (χ4v) is 6.26. The smallest absolute Gasteiger partial charge is 0.293 e. The maximum absolute atomic E-state index is 12.2. The highest BCUT2D eigenvalue weighted by molar-refractivity contribution is 7.92. The van der Waals surface area contributed by atoms with Gasteiger partial charge in [-0.2, -0.15) is 8.42 Å². The summed E-state index contributed by atoms with van der Waals surface area (Å²) in [5, 5.41) is 9.95. The third-order valence-corrected chi connectivity index (χ3v) is 8.13. The van der Waals surface area contributed by atoms with Crippen LogP contribution < -0.4 is 0 Å². The Balaban J connectivity index is 1.81. The molecule has 3 rings (SSSR count). The summed E-state index contributed by atoms with van der Waals surface area (Å²) in [6.07, 6.45) is 7.34. The quantitative estimate of drug-likeness (QED) is 0.628. The molecule has 2 aliphatic rings. The van der Waals surface area contributed by atoms with Crippen LogP contribution in [-0.4, -0.2) is 45.5 Å². The van der Waals surface area contributed by atoms with Gasteiger partial charge in [-0.15, -0.1) is 15.7 Å². The van der Waals surface area contributed by atoms with Gasteiger partial charge >= 0.3 is 0 Å². The zero-order valence-corrected chi connectivity index (χ0v) is 15.2.